The van der Waals surface area contributed by atoms with Crippen LogP contribution in [0.1, 0.15) is 0 Å². The molecule has 5 aromatic rings. The van der Waals surface area contributed by atoms with E-state index in [1.165, 1.54) is 12.4 Å². The van der Waals surface area contributed by atoms with E-state index in [9.17, 15) is 13.2 Å². The maximum absolute atomic E-state index is 15.0. The molecule has 1 fully saturated rings. The number of hydrogen-bond acceptors (Lipinski definition) is 10. The van der Waals surface area contributed by atoms with Crippen molar-refractivity contribution in [2.45, 2.75) is 6.18 Å². The first-order valence-electron chi connectivity index (χ1n) is 12.3. The monoisotopic (exact) mass is 569 g/mol. The normalized spacial score (nSPS) is 13.5. The summed E-state index contributed by atoms with van der Waals surface area (Å²) in [7, 11) is 1.93. The lowest BCUT2D eigenvalue weighted by Crippen LogP contribution is -2.44. The maximum atomic E-state index is 15.0. The number of halogens is 4. The zero-order valence-corrected chi connectivity index (χ0v) is 21.6. The van der Waals surface area contributed by atoms with E-state index in [0.717, 1.165) is 37.2 Å². The van der Waals surface area contributed by atoms with Gasteiger partial charge in [0, 0.05) is 45.4 Å². The molecule has 3 aromatic heterocycles. The standard InChI is InChI=1S/C24H22FN9O.C2HF3O/c1-33-14-30-19-11-16(3-5-21(19)33)35-15-2-4-18(17(25)10-15)31-23-22-20(28-13-29-23)12-27-24(32-22)34-8-6-26-7-9-34;3-2(4,5)1-6/h2-5,10-14,26H,6-9H2,1H3,(H,28,29,31);1H. The van der Waals surface area contributed by atoms with Crippen LogP contribution in [0.5, 0.6) is 11.5 Å². The molecule has 6 rings (SSSR count). The van der Waals surface area contributed by atoms with Crippen LogP contribution in [-0.2, 0) is 11.8 Å². The molecule has 0 spiro atoms. The molecule has 41 heavy (non-hydrogen) atoms. The minimum absolute atomic E-state index is 0.250. The summed E-state index contributed by atoms with van der Waals surface area (Å²) in [6.07, 6.45) is -0.893. The quantitative estimate of drug-likeness (QED) is 0.236. The number of piperazine rings is 1. The number of aldehydes is 1. The summed E-state index contributed by atoms with van der Waals surface area (Å²) >= 11 is 0. The number of alkyl halides is 3. The zero-order chi connectivity index (χ0) is 29.0. The molecule has 2 aromatic carbocycles. The smallest absolute Gasteiger partial charge is 0.446 e. The number of benzene rings is 2. The van der Waals surface area contributed by atoms with Gasteiger partial charge in [0.2, 0.25) is 12.2 Å². The Kier molecular flexibility index (Phi) is 7.87. The number of carbonyl (C=O) groups excluding carboxylic acids is 1. The number of nitrogens with zero attached hydrogens (tertiary/aromatic N) is 7. The van der Waals surface area contributed by atoms with Crippen molar-refractivity contribution in [3.05, 3.63) is 61.1 Å². The van der Waals surface area contributed by atoms with Gasteiger partial charge in [-0.3, -0.25) is 4.79 Å². The van der Waals surface area contributed by atoms with Crippen LogP contribution >= 0.6 is 0 Å². The fourth-order valence-electron chi connectivity index (χ4n) is 4.06. The molecule has 0 aliphatic carbocycles. The molecule has 15 heteroatoms. The minimum Gasteiger partial charge on any atom is -0.457 e. The van der Waals surface area contributed by atoms with Crippen molar-refractivity contribution in [2.75, 3.05) is 36.4 Å². The van der Waals surface area contributed by atoms with Crippen molar-refractivity contribution in [3.63, 3.8) is 0 Å². The number of ether oxygens (including phenoxy) is 1. The molecule has 1 aliphatic heterocycles. The predicted octanol–water partition coefficient (Wildman–Crippen LogP) is 4.14. The molecule has 0 saturated carbocycles. The fourth-order valence-corrected chi connectivity index (χ4v) is 4.06. The predicted molar refractivity (Wildman–Crippen MR) is 143 cm³/mol. The van der Waals surface area contributed by atoms with Crippen LogP contribution in [0.15, 0.2) is 55.2 Å². The van der Waals surface area contributed by atoms with E-state index in [4.69, 9.17) is 9.53 Å². The molecule has 0 amide bonds. The molecule has 1 aliphatic rings. The summed E-state index contributed by atoms with van der Waals surface area (Å²) < 4.78 is 54.1. The summed E-state index contributed by atoms with van der Waals surface area (Å²) in [6.45, 7) is 3.36. The number of nitrogens with one attached hydrogen (secondary N) is 2. The number of rotatable bonds is 5. The highest BCUT2D eigenvalue weighted by Crippen LogP contribution is 2.30. The van der Waals surface area contributed by atoms with Crippen LogP contribution in [0.4, 0.5) is 35.0 Å². The lowest BCUT2D eigenvalue weighted by atomic mass is 10.2. The molecule has 4 heterocycles. The maximum Gasteiger partial charge on any atom is 0.446 e. The largest absolute Gasteiger partial charge is 0.457 e. The molecule has 2 N–H and O–H groups in total. The van der Waals surface area contributed by atoms with Gasteiger partial charge in [0.15, 0.2) is 5.82 Å². The van der Waals surface area contributed by atoms with Crippen LogP contribution in [0.25, 0.3) is 22.1 Å². The van der Waals surface area contributed by atoms with Gasteiger partial charge in [0.25, 0.3) is 0 Å². The first-order valence-corrected chi connectivity index (χ1v) is 12.3. The van der Waals surface area contributed by atoms with Gasteiger partial charge >= 0.3 is 6.18 Å². The van der Waals surface area contributed by atoms with E-state index in [1.807, 2.05) is 29.8 Å². The minimum atomic E-state index is -4.64. The van der Waals surface area contributed by atoms with Crippen molar-refractivity contribution in [1.82, 2.24) is 34.8 Å². The van der Waals surface area contributed by atoms with Gasteiger partial charge in [-0.05, 0) is 24.3 Å². The second kappa shape index (κ2) is 11.7. The lowest BCUT2D eigenvalue weighted by molar-refractivity contribution is -0.156. The Morgan fingerprint density at radius 1 is 1.00 bits per heavy atom. The average Bonchev–Trinajstić information content (AvgIpc) is 3.34. The second-order valence-corrected chi connectivity index (χ2v) is 8.90. The third-order valence-electron chi connectivity index (χ3n) is 6.02. The summed E-state index contributed by atoms with van der Waals surface area (Å²) in [6, 6.07) is 10.2. The van der Waals surface area contributed by atoms with Crippen molar-refractivity contribution >= 4 is 45.8 Å². The number of fused-ring (bicyclic) bond motifs is 2. The Morgan fingerprint density at radius 3 is 2.46 bits per heavy atom. The molecular formula is C26H23F4N9O2. The van der Waals surface area contributed by atoms with E-state index in [-0.39, 0.29) is 5.69 Å². The third kappa shape index (κ3) is 6.63. The number of imidazole rings is 1. The highest BCUT2D eigenvalue weighted by atomic mass is 19.4. The van der Waals surface area contributed by atoms with Crippen LogP contribution in [-0.4, -0.2) is 68.1 Å². The van der Waals surface area contributed by atoms with E-state index < -0.39 is 18.3 Å². The highest BCUT2D eigenvalue weighted by Gasteiger charge is 2.25. The molecule has 0 atom stereocenters. The van der Waals surface area contributed by atoms with Crippen molar-refractivity contribution in [2.24, 2.45) is 7.05 Å². The fraction of sp³-hybridized carbons (Fsp3) is 0.231. The molecule has 212 valence electrons. The van der Waals surface area contributed by atoms with Gasteiger partial charge in [-0.1, -0.05) is 0 Å². The SMILES string of the molecule is Cn1cnc2cc(Oc3ccc(Nc4ncnc5cnc(N6CCNCC6)nc45)c(F)c3)ccc21.O=CC(F)(F)F. The van der Waals surface area contributed by atoms with Gasteiger partial charge in [-0.15, -0.1) is 0 Å². The molecule has 1 saturated heterocycles. The second-order valence-electron chi connectivity index (χ2n) is 8.90. The zero-order valence-electron chi connectivity index (χ0n) is 21.6. The Hall–Kier alpha value is -4.92. The van der Waals surface area contributed by atoms with Crippen molar-refractivity contribution in [3.8, 4) is 11.5 Å². The van der Waals surface area contributed by atoms with Gasteiger partial charge in [-0.2, -0.15) is 13.2 Å². The van der Waals surface area contributed by atoms with Gasteiger partial charge < -0.3 is 24.8 Å². The molecule has 11 nitrogen and oxygen atoms in total. The molecule has 0 unspecified atom stereocenters. The Bertz CT molecular complexity index is 1690. The number of carbonyl (C=O) groups is 1. The first-order chi connectivity index (χ1) is 19.7. The van der Waals surface area contributed by atoms with E-state index in [2.05, 4.69) is 40.5 Å². The van der Waals surface area contributed by atoms with E-state index in [0.29, 0.717) is 34.3 Å². The lowest BCUT2D eigenvalue weighted by Gasteiger charge is -2.27. The van der Waals surface area contributed by atoms with Crippen LogP contribution in [0.2, 0.25) is 0 Å². The molecule has 0 radical (unpaired) electrons. The average molecular weight is 570 g/mol. The Balaban J connectivity index is 0.000000511. The van der Waals surface area contributed by atoms with E-state index >= 15 is 4.39 Å². The number of aromatic nitrogens is 6. The highest BCUT2D eigenvalue weighted by molar-refractivity contribution is 5.87. The third-order valence-corrected chi connectivity index (χ3v) is 6.02. The van der Waals surface area contributed by atoms with Crippen LogP contribution in [0.3, 0.4) is 0 Å². The van der Waals surface area contributed by atoms with Gasteiger partial charge in [-0.25, -0.2) is 29.3 Å². The number of anilines is 3. The van der Waals surface area contributed by atoms with Crippen molar-refractivity contribution in [1.29, 1.82) is 0 Å². The van der Waals surface area contributed by atoms with Gasteiger partial charge in [0.1, 0.15) is 34.7 Å². The summed E-state index contributed by atoms with van der Waals surface area (Å²) in [4.78, 5) is 32.8. The number of aryl methyl sites for hydroxylation is 1. The topological polar surface area (TPSA) is 123 Å². The van der Waals surface area contributed by atoms with E-state index in [1.54, 1.807) is 24.7 Å². The molecule has 0 bridgehead atoms. The summed E-state index contributed by atoms with van der Waals surface area (Å²) in [5.74, 6) is 1.48. The first kappa shape index (κ1) is 27.6. The Labute approximate surface area is 230 Å². The molecular weight excluding hydrogens is 546 g/mol. The summed E-state index contributed by atoms with van der Waals surface area (Å²) in [5.41, 5.74) is 3.15. The van der Waals surface area contributed by atoms with Crippen molar-refractivity contribution < 1.29 is 27.1 Å². The van der Waals surface area contributed by atoms with Crippen LogP contribution < -0.4 is 20.3 Å². The Morgan fingerprint density at radius 2 is 1.73 bits per heavy atom. The summed E-state index contributed by atoms with van der Waals surface area (Å²) in [5, 5.41) is 6.36. The van der Waals surface area contributed by atoms with Gasteiger partial charge in [0.05, 0.1) is 29.2 Å². The van der Waals surface area contributed by atoms with Crippen LogP contribution in [0, 0.1) is 5.82 Å². The number of hydrogen-bond donors (Lipinski definition) is 2.